The van der Waals surface area contributed by atoms with E-state index >= 15 is 0 Å². The lowest BCUT2D eigenvalue weighted by molar-refractivity contribution is -0.118. The van der Waals surface area contributed by atoms with Crippen molar-refractivity contribution in [3.8, 4) is 0 Å². The summed E-state index contributed by atoms with van der Waals surface area (Å²) in [7, 11) is 0. The number of hydrogen-bond acceptors (Lipinski definition) is 9. The van der Waals surface area contributed by atoms with Crippen LogP contribution in [-0.2, 0) is 9.53 Å². The highest BCUT2D eigenvalue weighted by Crippen LogP contribution is 2.34. The topological polar surface area (TPSA) is 153 Å². The van der Waals surface area contributed by atoms with E-state index in [0.29, 0.717) is 0 Å². The predicted octanol–water partition coefficient (Wildman–Crippen LogP) is -3.22. The number of carbonyl (C=O) groups is 1. The number of ether oxygens (including phenoxy) is 1. The summed E-state index contributed by atoms with van der Waals surface area (Å²) in [5.41, 5.74) is 3.77. The summed E-state index contributed by atoms with van der Waals surface area (Å²) < 4.78 is 5.45. The standard InChI is InChI=1S/C11H15N5O5/c1-11(20)6(18)4(2-17)21-9(11)16-3-13-5-7(16)14-10(12)15-8(5)19/h3-6,9,17-18,20H,2H2,1H3,(H2,12,15,19). The van der Waals surface area contributed by atoms with E-state index in [2.05, 4.69) is 15.0 Å². The van der Waals surface area contributed by atoms with Crippen molar-refractivity contribution in [3.05, 3.63) is 0 Å². The van der Waals surface area contributed by atoms with Crippen molar-refractivity contribution in [2.24, 2.45) is 20.7 Å². The van der Waals surface area contributed by atoms with Crippen LogP contribution in [0.1, 0.15) is 6.92 Å². The van der Waals surface area contributed by atoms with Crippen LogP contribution in [0.4, 0.5) is 0 Å². The lowest BCUT2D eigenvalue weighted by Crippen LogP contribution is -2.55. The van der Waals surface area contributed by atoms with Crippen molar-refractivity contribution in [2.45, 2.75) is 37.0 Å². The molecule has 0 aliphatic carbocycles. The fourth-order valence-corrected chi connectivity index (χ4v) is 2.59. The molecule has 1 saturated heterocycles. The molecule has 0 radical (unpaired) electrons. The van der Waals surface area contributed by atoms with E-state index in [1.165, 1.54) is 18.2 Å². The molecular formula is C11H15N5O5. The Morgan fingerprint density at radius 1 is 1.52 bits per heavy atom. The lowest BCUT2D eigenvalue weighted by atomic mass is 9.96. The van der Waals surface area contributed by atoms with Crippen LogP contribution in [0.2, 0.25) is 0 Å². The number of guanidine groups is 1. The van der Waals surface area contributed by atoms with Gasteiger partial charge in [0, 0.05) is 0 Å². The highest BCUT2D eigenvalue weighted by molar-refractivity contribution is 6.21. The smallest absolute Gasteiger partial charge is 0.281 e. The van der Waals surface area contributed by atoms with Crippen molar-refractivity contribution in [1.29, 1.82) is 0 Å². The van der Waals surface area contributed by atoms with Gasteiger partial charge in [-0.3, -0.25) is 14.7 Å². The monoisotopic (exact) mass is 297 g/mol. The van der Waals surface area contributed by atoms with E-state index in [-0.39, 0.29) is 11.8 Å². The SMILES string of the molecule is CC1(O)C(O)C(CO)OC1N1C=NC2C(=O)N=C(N)N=C21. The quantitative estimate of drug-likeness (QED) is 0.418. The Morgan fingerprint density at radius 3 is 2.86 bits per heavy atom. The van der Waals surface area contributed by atoms with Gasteiger partial charge in [-0.05, 0) is 6.92 Å². The van der Waals surface area contributed by atoms with Gasteiger partial charge in [0.25, 0.3) is 5.91 Å². The highest BCUT2D eigenvalue weighted by atomic mass is 16.6. The molecule has 10 nitrogen and oxygen atoms in total. The summed E-state index contributed by atoms with van der Waals surface area (Å²) in [6, 6.07) is -0.929. The maximum Gasteiger partial charge on any atom is 0.281 e. The third-order valence-corrected chi connectivity index (χ3v) is 3.72. The zero-order valence-corrected chi connectivity index (χ0v) is 11.1. The molecule has 5 unspecified atom stereocenters. The van der Waals surface area contributed by atoms with E-state index < -0.39 is 42.6 Å². The van der Waals surface area contributed by atoms with E-state index in [1.807, 2.05) is 0 Å². The number of hydrogen-bond donors (Lipinski definition) is 4. The van der Waals surface area contributed by atoms with Crippen LogP contribution in [0.15, 0.2) is 15.0 Å². The van der Waals surface area contributed by atoms with Crippen LogP contribution < -0.4 is 5.73 Å². The first-order valence-corrected chi connectivity index (χ1v) is 6.31. The van der Waals surface area contributed by atoms with E-state index in [1.54, 1.807) is 0 Å². The second-order valence-corrected chi connectivity index (χ2v) is 5.23. The minimum absolute atomic E-state index is 0.170. The van der Waals surface area contributed by atoms with Crippen molar-refractivity contribution in [3.63, 3.8) is 0 Å². The maximum absolute atomic E-state index is 11.7. The summed E-state index contributed by atoms with van der Waals surface area (Å²) in [4.78, 5) is 24.5. The number of nitrogens with zero attached hydrogens (tertiary/aromatic N) is 4. The van der Waals surface area contributed by atoms with E-state index in [0.717, 1.165) is 0 Å². The van der Waals surface area contributed by atoms with Crippen molar-refractivity contribution < 1.29 is 24.9 Å². The Labute approximate surface area is 119 Å². The number of aliphatic hydroxyl groups excluding tert-OH is 2. The maximum atomic E-state index is 11.7. The Balaban J connectivity index is 1.93. The second kappa shape index (κ2) is 4.56. The van der Waals surface area contributed by atoms with Gasteiger partial charge in [0.05, 0.1) is 12.9 Å². The number of fused-ring (bicyclic) bond motifs is 1. The summed E-state index contributed by atoms with van der Waals surface area (Å²) >= 11 is 0. The van der Waals surface area contributed by atoms with Gasteiger partial charge in [0.15, 0.2) is 18.1 Å². The predicted molar refractivity (Wildman–Crippen MR) is 70.6 cm³/mol. The highest BCUT2D eigenvalue weighted by Gasteiger charge is 2.56. The summed E-state index contributed by atoms with van der Waals surface area (Å²) in [6.45, 7) is 0.902. The first-order chi connectivity index (χ1) is 9.86. The third kappa shape index (κ3) is 1.95. The van der Waals surface area contributed by atoms with E-state index in [9.17, 15) is 20.1 Å². The summed E-state index contributed by atoms with van der Waals surface area (Å²) in [5.74, 6) is -0.602. The molecular weight excluding hydrogens is 282 g/mol. The Kier molecular flexibility index (Phi) is 3.06. The molecule has 1 fully saturated rings. The molecule has 0 saturated carbocycles. The molecule has 3 aliphatic heterocycles. The van der Waals surface area contributed by atoms with Gasteiger partial charge >= 0.3 is 0 Å². The van der Waals surface area contributed by atoms with E-state index in [4.69, 9.17) is 10.5 Å². The van der Waals surface area contributed by atoms with Gasteiger partial charge in [-0.1, -0.05) is 0 Å². The molecule has 1 amide bonds. The van der Waals surface area contributed by atoms with Gasteiger partial charge in [-0.25, -0.2) is 0 Å². The van der Waals surface area contributed by atoms with Crippen LogP contribution in [0.5, 0.6) is 0 Å². The molecule has 0 aromatic rings. The number of rotatable bonds is 2. The minimum Gasteiger partial charge on any atom is -0.394 e. The second-order valence-electron chi connectivity index (χ2n) is 5.23. The molecule has 0 aromatic carbocycles. The normalized spacial score (nSPS) is 42.1. The fraction of sp³-hybridized carbons (Fsp3) is 0.636. The molecule has 10 heteroatoms. The lowest BCUT2D eigenvalue weighted by Gasteiger charge is -2.33. The number of nitrogens with two attached hydrogens (primary N) is 1. The molecule has 5 atom stereocenters. The van der Waals surface area contributed by atoms with Gasteiger partial charge in [0.2, 0.25) is 5.96 Å². The minimum atomic E-state index is -1.69. The van der Waals surface area contributed by atoms with Crippen LogP contribution in [0.25, 0.3) is 0 Å². The van der Waals surface area contributed by atoms with Gasteiger partial charge < -0.3 is 25.8 Å². The number of amides is 1. The summed E-state index contributed by atoms with van der Waals surface area (Å²) in [5, 5.41) is 29.6. The molecule has 3 aliphatic rings. The van der Waals surface area contributed by atoms with Gasteiger partial charge in [-0.2, -0.15) is 9.98 Å². The van der Waals surface area contributed by atoms with Crippen LogP contribution in [0, 0.1) is 0 Å². The molecule has 0 aromatic heterocycles. The zero-order valence-electron chi connectivity index (χ0n) is 11.1. The summed E-state index contributed by atoms with van der Waals surface area (Å²) in [6.07, 6.45) is -2.04. The largest absolute Gasteiger partial charge is 0.394 e. The van der Waals surface area contributed by atoms with Crippen LogP contribution in [-0.4, -0.2) is 80.9 Å². The van der Waals surface area contributed by atoms with Crippen molar-refractivity contribution >= 4 is 24.0 Å². The van der Waals surface area contributed by atoms with Gasteiger partial charge in [0.1, 0.15) is 17.8 Å². The molecule has 3 heterocycles. The molecule has 5 N–H and O–H groups in total. The Hall–Kier alpha value is -1.88. The molecule has 114 valence electrons. The zero-order chi connectivity index (χ0) is 15.4. The number of amidine groups is 1. The Bertz CT molecular complexity index is 571. The number of carbonyl (C=O) groups excluding carboxylic acids is 1. The molecule has 3 rings (SSSR count). The number of aliphatic hydroxyl groups is 3. The fourth-order valence-electron chi connectivity index (χ4n) is 2.59. The average Bonchev–Trinajstić information content (AvgIpc) is 2.91. The molecule has 0 spiro atoms. The van der Waals surface area contributed by atoms with Crippen LogP contribution >= 0.6 is 0 Å². The van der Waals surface area contributed by atoms with Crippen molar-refractivity contribution in [2.75, 3.05) is 6.61 Å². The first kappa shape index (κ1) is 14.1. The van der Waals surface area contributed by atoms with Crippen LogP contribution in [0.3, 0.4) is 0 Å². The first-order valence-electron chi connectivity index (χ1n) is 6.31. The molecule has 21 heavy (non-hydrogen) atoms. The Morgan fingerprint density at radius 2 is 2.24 bits per heavy atom. The average molecular weight is 297 g/mol. The van der Waals surface area contributed by atoms with Gasteiger partial charge in [-0.15, -0.1) is 0 Å². The number of aliphatic imine (C=N–C) groups is 3. The third-order valence-electron chi connectivity index (χ3n) is 3.72. The van der Waals surface area contributed by atoms with Crippen molar-refractivity contribution in [1.82, 2.24) is 4.90 Å². The molecule has 0 bridgehead atoms.